The molecule has 0 bridgehead atoms. The third-order valence-corrected chi connectivity index (χ3v) is 3.98. The molecule has 0 aliphatic heterocycles. The number of aryl methyl sites for hydroxylation is 1. The van der Waals surface area contributed by atoms with E-state index < -0.39 is 0 Å². The average molecular weight is 250 g/mol. The molecule has 1 fully saturated rings. The molecule has 0 aromatic carbocycles. The normalized spacial score (nSPS) is 17.6. The molecule has 0 spiro atoms. The van der Waals surface area contributed by atoms with E-state index in [-0.39, 0.29) is 0 Å². The maximum Gasteiger partial charge on any atom is 0.120 e. The third kappa shape index (κ3) is 3.59. The number of hydrogen-bond acceptors (Lipinski definition) is 3. The quantitative estimate of drug-likeness (QED) is 0.873. The zero-order chi connectivity index (χ0) is 13.0. The Morgan fingerprint density at radius 3 is 2.67 bits per heavy atom. The molecular formula is C15H26N2O. The summed E-state index contributed by atoms with van der Waals surface area (Å²) in [4.78, 5) is 2.38. The highest BCUT2D eigenvalue weighted by Crippen LogP contribution is 2.24. The number of furan rings is 1. The first-order valence-corrected chi connectivity index (χ1v) is 7.16. The van der Waals surface area contributed by atoms with Crippen LogP contribution in [0.15, 0.2) is 10.5 Å². The molecule has 1 aliphatic carbocycles. The molecular weight excluding hydrogens is 224 g/mol. The van der Waals surface area contributed by atoms with Gasteiger partial charge in [-0.05, 0) is 44.4 Å². The Labute approximate surface area is 110 Å². The van der Waals surface area contributed by atoms with E-state index in [4.69, 9.17) is 10.2 Å². The van der Waals surface area contributed by atoms with Gasteiger partial charge in [-0.25, -0.2) is 0 Å². The fourth-order valence-corrected chi connectivity index (χ4v) is 3.01. The van der Waals surface area contributed by atoms with Crippen molar-refractivity contribution in [2.24, 2.45) is 11.7 Å². The number of rotatable bonds is 5. The molecule has 1 aliphatic rings. The van der Waals surface area contributed by atoms with E-state index in [1.807, 2.05) is 0 Å². The molecule has 0 unspecified atom stereocenters. The molecule has 1 aromatic rings. The van der Waals surface area contributed by atoms with Crippen molar-refractivity contribution in [3.05, 3.63) is 23.2 Å². The van der Waals surface area contributed by atoms with Crippen molar-refractivity contribution in [1.29, 1.82) is 0 Å². The first-order chi connectivity index (χ1) is 8.69. The molecule has 3 heteroatoms. The molecule has 1 aromatic heterocycles. The monoisotopic (exact) mass is 250 g/mol. The Balaban J connectivity index is 1.83. The lowest BCUT2D eigenvalue weighted by atomic mass is 9.89. The van der Waals surface area contributed by atoms with E-state index in [0.29, 0.717) is 6.54 Å². The highest BCUT2D eigenvalue weighted by atomic mass is 16.3. The van der Waals surface area contributed by atoms with Crippen LogP contribution in [-0.4, -0.2) is 18.5 Å². The molecule has 0 amide bonds. The molecule has 0 saturated heterocycles. The Morgan fingerprint density at radius 1 is 1.33 bits per heavy atom. The van der Waals surface area contributed by atoms with Crippen molar-refractivity contribution in [3.63, 3.8) is 0 Å². The lowest BCUT2D eigenvalue weighted by molar-refractivity contribution is 0.215. The summed E-state index contributed by atoms with van der Waals surface area (Å²) in [5.74, 6) is 2.86. The van der Waals surface area contributed by atoms with Crippen LogP contribution < -0.4 is 5.73 Å². The predicted octanol–water partition coefficient (Wildman–Crippen LogP) is 3.06. The summed E-state index contributed by atoms with van der Waals surface area (Å²) in [6, 6.07) is 2.12. The lowest BCUT2D eigenvalue weighted by Crippen LogP contribution is -2.26. The van der Waals surface area contributed by atoms with Gasteiger partial charge < -0.3 is 10.2 Å². The summed E-state index contributed by atoms with van der Waals surface area (Å²) in [6.07, 6.45) is 7.05. The summed E-state index contributed by atoms with van der Waals surface area (Å²) >= 11 is 0. The van der Waals surface area contributed by atoms with Gasteiger partial charge in [0.1, 0.15) is 11.5 Å². The van der Waals surface area contributed by atoms with Crippen molar-refractivity contribution in [2.75, 3.05) is 13.6 Å². The van der Waals surface area contributed by atoms with Gasteiger partial charge in [0.15, 0.2) is 0 Å². The molecule has 102 valence electrons. The highest BCUT2D eigenvalue weighted by Gasteiger charge is 2.16. The fourth-order valence-electron chi connectivity index (χ4n) is 3.01. The number of nitrogens with two attached hydrogens (primary N) is 1. The van der Waals surface area contributed by atoms with Crippen LogP contribution in [0.4, 0.5) is 0 Å². The van der Waals surface area contributed by atoms with Gasteiger partial charge in [-0.1, -0.05) is 19.3 Å². The fraction of sp³-hybridized carbons (Fsp3) is 0.733. The van der Waals surface area contributed by atoms with Crippen molar-refractivity contribution in [3.8, 4) is 0 Å². The van der Waals surface area contributed by atoms with Crippen molar-refractivity contribution in [1.82, 2.24) is 4.90 Å². The lowest BCUT2D eigenvalue weighted by Gasteiger charge is -2.26. The van der Waals surface area contributed by atoms with Crippen LogP contribution in [0.2, 0.25) is 0 Å². The summed E-state index contributed by atoms with van der Waals surface area (Å²) < 4.78 is 5.76. The average Bonchev–Trinajstić information content (AvgIpc) is 2.70. The van der Waals surface area contributed by atoms with Gasteiger partial charge in [0.2, 0.25) is 0 Å². The van der Waals surface area contributed by atoms with Crippen molar-refractivity contribution >= 4 is 0 Å². The molecule has 0 atom stereocenters. The van der Waals surface area contributed by atoms with Crippen molar-refractivity contribution in [2.45, 2.75) is 52.1 Å². The zero-order valence-electron chi connectivity index (χ0n) is 11.7. The third-order valence-electron chi connectivity index (χ3n) is 3.98. The highest BCUT2D eigenvalue weighted by molar-refractivity contribution is 5.19. The largest absolute Gasteiger partial charge is 0.463 e. The molecule has 2 rings (SSSR count). The minimum absolute atomic E-state index is 0.498. The summed E-state index contributed by atoms with van der Waals surface area (Å²) in [5.41, 5.74) is 6.82. The van der Waals surface area contributed by atoms with E-state index in [9.17, 15) is 0 Å². The maximum absolute atomic E-state index is 5.76. The van der Waals surface area contributed by atoms with Gasteiger partial charge in [0.25, 0.3) is 0 Å². The Kier molecular flexibility index (Phi) is 4.84. The van der Waals surface area contributed by atoms with E-state index in [1.54, 1.807) is 0 Å². The van der Waals surface area contributed by atoms with Gasteiger partial charge in [-0.2, -0.15) is 0 Å². The SMILES string of the molecule is Cc1cc(CN(C)CC2CCCCC2)oc1CN. The second-order valence-corrected chi connectivity index (χ2v) is 5.72. The smallest absolute Gasteiger partial charge is 0.120 e. The minimum atomic E-state index is 0.498. The number of hydrogen-bond donors (Lipinski definition) is 1. The Morgan fingerprint density at radius 2 is 2.06 bits per heavy atom. The van der Waals surface area contributed by atoms with Crippen LogP contribution in [-0.2, 0) is 13.1 Å². The predicted molar refractivity (Wildman–Crippen MR) is 74.2 cm³/mol. The summed E-state index contributed by atoms with van der Waals surface area (Å²) in [7, 11) is 2.19. The molecule has 0 radical (unpaired) electrons. The molecule has 3 nitrogen and oxygen atoms in total. The molecule has 18 heavy (non-hydrogen) atoms. The van der Waals surface area contributed by atoms with Crippen LogP contribution in [0.25, 0.3) is 0 Å². The van der Waals surface area contributed by atoms with Crippen LogP contribution >= 0.6 is 0 Å². The van der Waals surface area contributed by atoms with E-state index >= 15 is 0 Å². The van der Waals surface area contributed by atoms with Gasteiger partial charge in [0.05, 0.1) is 13.1 Å². The van der Waals surface area contributed by atoms with Crippen LogP contribution in [0, 0.1) is 12.8 Å². The van der Waals surface area contributed by atoms with Crippen molar-refractivity contribution < 1.29 is 4.42 Å². The van der Waals surface area contributed by atoms with E-state index in [2.05, 4.69) is 24.9 Å². The van der Waals surface area contributed by atoms with Crippen LogP contribution in [0.1, 0.15) is 49.2 Å². The Bertz CT molecular complexity index is 367. The first kappa shape index (κ1) is 13.6. The Hall–Kier alpha value is -0.800. The second kappa shape index (κ2) is 6.39. The maximum atomic E-state index is 5.76. The molecule has 1 heterocycles. The van der Waals surface area contributed by atoms with Gasteiger partial charge in [-0.3, -0.25) is 4.90 Å². The van der Waals surface area contributed by atoms with Crippen LogP contribution in [0.5, 0.6) is 0 Å². The van der Waals surface area contributed by atoms with Gasteiger partial charge in [-0.15, -0.1) is 0 Å². The van der Waals surface area contributed by atoms with E-state index in [0.717, 1.165) is 24.0 Å². The second-order valence-electron chi connectivity index (χ2n) is 5.72. The topological polar surface area (TPSA) is 42.4 Å². The summed E-state index contributed by atoms with van der Waals surface area (Å²) in [6.45, 7) is 4.66. The van der Waals surface area contributed by atoms with Gasteiger partial charge >= 0.3 is 0 Å². The van der Waals surface area contributed by atoms with Crippen LogP contribution in [0.3, 0.4) is 0 Å². The number of nitrogens with zero attached hydrogens (tertiary/aromatic N) is 1. The standard InChI is InChI=1S/C15H26N2O/c1-12-8-14(18-15(12)9-16)11-17(2)10-13-6-4-3-5-7-13/h8,13H,3-7,9-11,16H2,1-2H3. The zero-order valence-corrected chi connectivity index (χ0v) is 11.7. The summed E-state index contributed by atoms with van der Waals surface area (Å²) in [5, 5.41) is 0. The van der Waals surface area contributed by atoms with E-state index in [1.165, 1.54) is 44.2 Å². The first-order valence-electron chi connectivity index (χ1n) is 7.16. The minimum Gasteiger partial charge on any atom is -0.463 e. The molecule has 1 saturated carbocycles. The van der Waals surface area contributed by atoms with Gasteiger partial charge in [0, 0.05) is 6.54 Å². The molecule has 2 N–H and O–H groups in total.